The fourth-order valence-electron chi connectivity index (χ4n) is 2.72. The summed E-state index contributed by atoms with van der Waals surface area (Å²) in [7, 11) is 0. The molecule has 0 spiro atoms. The molecular weight excluding hydrogens is 424 g/mol. The van der Waals surface area contributed by atoms with Crippen molar-refractivity contribution >= 4 is 29.1 Å². The lowest BCUT2D eigenvalue weighted by Gasteiger charge is -2.13. The molecule has 0 saturated heterocycles. The van der Waals surface area contributed by atoms with Gasteiger partial charge in [-0.1, -0.05) is 23.7 Å². The number of halogens is 5. The molecular formula is C20H15ClF4N4O. The third-order valence-corrected chi connectivity index (χ3v) is 4.51. The summed E-state index contributed by atoms with van der Waals surface area (Å²) in [6, 6.07) is 11.2. The second-order valence-corrected chi connectivity index (χ2v) is 7.11. The lowest BCUT2D eigenvalue weighted by molar-refractivity contribution is -0.274. The first-order chi connectivity index (χ1) is 14.2. The van der Waals surface area contributed by atoms with Gasteiger partial charge < -0.3 is 15.4 Å². The molecule has 1 aliphatic rings. The first kappa shape index (κ1) is 20.2. The zero-order valence-electron chi connectivity index (χ0n) is 15.3. The van der Waals surface area contributed by atoms with Crippen LogP contribution in [0.5, 0.6) is 5.75 Å². The lowest BCUT2D eigenvalue weighted by Crippen LogP contribution is -2.17. The van der Waals surface area contributed by atoms with E-state index >= 15 is 0 Å². The number of ether oxygens (including phenoxy) is 1. The highest BCUT2D eigenvalue weighted by molar-refractivity contribution is 6.33. The highest BCUT2D eigenvalue weighted by Gasteiger charge is 2.31. The fourth-order valence-corrected chi connectivity index (χ4v) is 2.93. The summed E-state index contributed by atoms with van der Waals surface area (Å²) in [6.07, 6.45) is -2.83. The maximum Gasteiger partial charge on any atom is 0.573 e. The van der Waals surface area contributed by atoms with E-state index in [9.17, 15) is 17.6 Å². The van der Waals surface area contributed by atoms with E-state index in [1.165, 1.54) is 30.3 Å². The Morgan fingerprint density at radius 2 is 1.83 bits per heavy atom. The lowest BCUT2D eigenvalue weighted by atomic mass is 10.1. The maximum atomic E-state index is 13.3. The van der Waals surface area contributed by atoms with Crippen molar-refractivity contribution in [3.63, 3.8) is 0 Å². The molecule has 1 aromatic heterocycles. The second-order valence-electron chi connectivity index (χ2n) is 6.71. The van der Waals surface area contributed by atoms with Crippen LogP contribution in [0.2, 0.25) is 5.02 Å². The largest absolute Gasteiger partial charge is 0.573 e. The van der Waals surface area contributed by atoms with Gasteiger partial charge in [-0.2, -0.15) is 4.98 Å². The number of aromatic nitrogens is 2. The fraction of sp³-hybridized carbons (Fsp3) is 0.200. The summed E-state index contributed by atoms with van der Waals surface area (Å²) in [5.41, 5.74) is 1.21. The van der Waals surface area contributed by atoms with Crippen molar-refractivity contribution in [2.45, 2.75) is 25.2 Å². The molecule has 2 N–H and O–H groups in total. The van der Waals surface area contributed by atoms with Crippen LogP contribution in [-0.2, 0) is 0 Å². The van der Waals surface area contributed by atoms with E-state index in [1.54, 1.807) is 12.1 Å². The number of anilines is 3. The van der Waals surface area contributed by atoms with Crippen molar-refractivity contribution in [2.24, 2.45) is 0 Å². The number of hydrogen-bond donors (Lipinski definition) is 2. The standard InChI is InChI=1S/C20H15ClF4N4O/c21-15-9-12(22)4-7-16(15)27-18-10-17(28-19(29-18)26-13-5-6-13)11-2-1-3-14(8-11)30-20(23,24)25/h1-4,7-10,13H,5-6H2,(H2,26,27,28,29). The normalized spacial score (nSPS) is 13.8. The van der Waals surface area contributed by atoms with E-state index in [4.69, 9.17) is 11.6 Å². The van der Waals surface area contributed by atoms with Crippen LogP contribution >= 0.6 is 11.6 Å². The quantitative estimate of drug-likeness (QED) is 0.452. The van der Waals surface area contributed by atoms with Crippen molar-refractivity contribution in [3.8, 4) is 17.0 Å². The van der Waals surface area contributed by atoms with Gasteiger partial charge in [-0.25, -0.2) is 9.37 Å². The van der Waals surface area contributed by atoms with Gasteiger partial charge in [0, 0.05) is 17.7 Å². The molecule has 1 aliphatic carbocycles. The van der Waals surface area contributed by atoms with Crippen LogP contribution in [0.4, 0.5) is 35.0 Å². The third-order valence-electron chi connectivity index (χ3n) is 4.19. The predicted octanol–water partition coefficient (Wildman–Crippen LogP) is 6.15. The molecule has 1 saturated carbocycles. The molecule has 1 fully saturated rings. The van der Waals surface area contributed by atoms with E-state index in [1.807, 2.05) is 0 Å². The molecule has 30 heavy (non-hydrogen) atoms. The molecule has 0 atom stereocenters. The molecule has 3 aromatic rings. The van der Waals surface area contributed by atoms with Crippen molar-refractivity contribution in [1.29, 1.82) is 0 Å². The molecule has 0 unspecified atom stereocenters. The van der Waals surface area contributed by atoms with Gasteiger partial charge in [0.05, 0.1) is 16.4 Å². The molecule has 0 radical (unpaired) electrons. The van der Waals surface area contributed by atoms with Gasteiger partial charge in [-0.05, 0) is 43.2 Å². The van der Waals surface area contributed by atoms with Crippen molar-refractivity contribution in [2.75, 3.05) is 10.6 Å². The summed E-state index contributed by atoms with van der Waals surface area (Å²) in [4.78, 5) is 8.79. The van der Waals surface area contributed by atoms with Crippen LogP contribution in [0.3, 0.4) is 0 Å². The van der Waals surface area contributed by atoms with Gasteiger partial charge in [-0.15, -0.1) is 13.2 Å². The first-order valence-electron chi connectivity index (χ1n) is 8.99. The van der Waals surface area contributed by atoms with E-state index in [0.717, 1.165) is 18.9 Å². The number of hydrogen-bond acceptors (Lipinski definition) is 5. The topological polar surface area (TPSA) is 59.1 Å². The van der Waals surface area contributed by atoms with E-state index in [0.29, 0.717) is 28.7 Å². The van der Waals surface area contributed by atoms with Gasteiger partial charge in [0.1, 0.15) is 17.4 Å². The van der Waals surface area contributed by atoms with Crippen LogP contribution < -0.4 is 15.4 Å². The summed E-state index contributed by atoms with van der Waals surface area (Å²) in [5, 5.41) is 6.32. The minimum absolute atomic E-state index is 0.160. The van der Waals surface area contributed by atoms with Crippen LogP contribution in [-0.4, -0.2) is 22.4 Å². The Morgan fingerprint density at radius 3 is 2.53 bits per heavy atom. The third kappa shape index (κ3) is 5.29. The minimum atomic E-state index is -4.80. The monoisotopic (exact) mass is 438 g/mol. The maximum absolute atomic E-state index is 13.3. The molecule has 10 heteroatoms. The van der Waals surface area contributed by atoms with Crippen LogP contribution in [0.15, 0.2) is 48.5 Å². The Balaban J connectivity index is 1.68. The molecule has 0 amide bonds. The minimum Gasteiger partial charge on any atom is -0.406 e. The molecule has 5 nitrogen and oxygen atoms in total. The van der Waals surface area contributed by atoms with Crippen molar-refractivity contribution < 1.29 is 22.3 Å². The molecule has 4 rings (SSSR count). The number of nitrogens with one attached hydrogen (secondary N) is 2. The molecule has 0 aliphatic heterocycles. The van der Waals surface area contributed by atoms with Gasteiger partial charge in [0.25, 0.3) is 0 Å². The Morgan fingerprint density at radius 1 is 1.03 bits per heavy atom. The van der Waals surface area contributed by atoms with Gasteiger partial charge in [0.2, 0.25) is 5.95 Å². The zero-order chi connectivity index (χ0) is 21.3. The second kappa shape index (κ2) is 7.98. The Hall–Kier alpha value is -3.07. The molecule has 156 valence electrons. The van der Waals surface area contributed by atoms with E-state index in [-0.39, 0.29) is 16.8 Å². The number of rotatable bonds is 6. The summed E-state index contributed by atoms with van der Waals surface area (Å²) < 4.78 is 55.0. The Bertz CT molecular complexity index is 1070. The highest BCUT2D eigenvalue weighted by Crippen LogP contribution is 2.32. The number of benzene rings is 2. The van der Waals surface area contributed by atoms with E-state index in [2.05, 4.69) is 25.3 Å². The van der Waals surface area contributed by atoms with E-state index < -0.39 is 12.2 Å². The SMILES string of the molecule is Fc1ccc(Nc2cc(-c3cccc(OC(F)(F)F)c3)nc(NC3CC3)n2)c(Cl)c1. The summed E-state index contributed by atoms with van der Waals surface area (Å²) >= 11 is 6.07. The van der Waals surface area contributed by atoms with Crippen molar-refractivity contribution in [3.05, 3.63) is 59.4 Å². The summed E-state index contributed by atoms with van der Waals surface area (Å²) in [5.74, 6) is -0.172. The smallest absolute Gasteiger partial charge is 0.406 e. The Kier molecular flexibility index (Phi) is 5.38. The van der Waals surface area contributed by atoms with Crippen LogP contribution in [0.25, 0.3) is 11.3 Å². The van der Waals surface area contributed by atoms with Gasteiger partial charge in [0.15, 0.2) is 0 Å². The highest BCUT2D eigenvalue weighted by atomic mass is 35.5. The molecule has 1 heterocycles. The predicted molar refractivity (Wildman–Crippen MR) is 105 cm³/mol. The Labute approximate surface area is 174 Å². The average molecular weight is 439 g/mol. The number of nitrogens with zero attached hydrogens (tertiary/aromatic N) is 2. The number of alkyl halides is 3. The van der Waals surface area contributed by atoms with Crippen molar-refractivity contribution in [1.82, 2.24) is 9.97 Å². The molecule has 2 aromatic carbocycles. The van der Waals surface area contributed by atoms with Crippen LogP contribution in [0.1, 0.15) is 12.8 Å². The first-order valence-corrected chi connectivity index (χ1v) is 9.37. The zero-order valence-corrected chi connectivity index (χ0v) is 16.1. The average Bonchev–Trinajstić information content (AvgIpc) is 3.47. The van der Waals surface area contributed by atoms with Gasteiger partial charge >= 0.3 is 6.36 Å². The summed E-state index contributed by atoms with van der Waals surface area (Å²) in [6.45, 7) is 0. The van der Waals surface area contributed by atoms with Crippen LogP contribution in [0, 0.1) is 5.82 Å². The molecule has 0 bridgehead atoms. The van der Waals surface area contributed by atoms with Gasteiger partial charge in [-0.3, -0.25) is 0 Å².